The van der Waals surface area contributed by atoms with Crippen LogP contribution in [0.2, 0.25) is 0 Å². The van der Waals surface area contributed by atoms with E-state index in [1.54, 1.807) is 65.5 Å². The maximum Gasteiger partial charge on any atom is 0.491 e. The summed E-state index contributed by atoms with van der Waals surface area (Å²) in [5.74, 6) is 3.91. The number of alkyl halides is 3. The van der Waals surface area contributed by atoms with Crippen LogP contribution in [0.4, 0.5) is 35.2 Å². The average Bonchev–Trinajstić information content (AvgIpc) is 3.75. The van der Waals surface area contributed by atoms with Crippen molar-refractivity contribution in [1.29, 1.82) is 0 Å². The van der Waals surface area contributed by atoms with Gasteiger partial charge in [0.05, 0.1) is 24.3 Å². The second kappa shape index (κ2) is 11.9. The van der Waals surface area contributed by atoms with Crippen LogP contribution in [0.15, 0.2) is 96.5 Å². The summed E-state index contributed by atoms with van der Waals surface area (Å²) in [7, 11) is 1.83. The van der Waals surface area contributed by atoms with Gasteiger partial charge in [-0.25, -0.2) is 19.6 Å². The maximum absolute atomic E-state index is 13.3. The summed E-state index contributed by atoms with van der Waals surface area (Å²) in [5, 5.41) is 15.1. The first-order valence-corrected chi connectivity index (χ1v) is 13.5. The predicted octanol–water partition coefficient (Wildman–Crippen LogP) is 5.61. The van der Waals surface area contributed by atoms with Crippen LogP contribution in [0.1, 0.15) is 29.3 Å². The van der Waals surface area contributed by atoms with E-state index in [1.165, 1.54) is 0 Å². The minimum absolute atomic E-state index is 0.219. The fraction of sp³-hybridized carbons (Fsp3) is 0.129. The number of imidazole rings is 1. The van der Waals surface area contributed by atoms with Crippen molar-refractivity contribution < 1.29 is 27.5 Å². The number of anilines is 3. The van der Waals surface area contributed by atoms with E-state index in [9.17, 15) is 22.8 Å². The number of halogens is 3. The number of hydrogen-bond donors (Lipinski definition) is 2. The number of esters is 1. The maximum atomic E-state index is 13.3. The van der Waals surface area contributed by atoms with Crippen LogP contribution in [0.5, 0.6) is 0 Å². The molecule has 0 saturated carbocycles. The molecule has 0 fully saturated rings. The van der Waals surface area contributed by atoms with Crippen LogP contribution in [-0.4, -0.2) is 48.2 Å². The fourth-order valence-corrected chi connectivity index (χ4v) is 4.64. The summed E-state index contributed by atoms with van der Waals surface area (Å²) in [6, 6.07) is 19.4. The number of aryl methyl sites for hydroxylation is 1. The molecule has 5 aromatic rings. The highest BCUT2D eigenvalue weighted by atomic mass is 19.4. The van der Waals surface area contributed by atoms with Crippen molar-refractivity contribution in [1.82, 2.24) is 24.2 Å². The van der Waals surface area contributed by atoms with E-state index in [0.29, 0.717) is 34.0 Å². The Morgan fingerprint density at radius 1 is 1.00 bits per heavy atom. The van der Waals surface area contributed by atoms with Gasteiger partial charge in [0.15, 0.2) is 11.5 Å². The van der Waals surface area contributed by atoms with Crippen molar-refractivity contribution in [3.05, 3.63) is 108 Å². The zero-order valence-electron chi connectivity index (χ0n) is 23.5. The van der Waals surface area contributed by atoms with Gasteiger partial charge in [-0.3, -0.25) is 9.08 Å². The van der Waals surface area contributed by atoms with E-state index in [1.807, 2.05) is 42.0 Å². The lowest BCUT2D eigenvalue weighted by molar-refractivity contribution is -0.191. The number of carbonyl (C=O) groups excluding carboxylic acids is 2. The normalized spacial score (nSPS) is 14.4. The molecule has 0 spiro atoms. The quantitative estimate of drug-likeness (QED) is 0.201. The van der Waals surface area contributed by atoms with E-state index < -0.39 is 30.1 Å². The van der Waals surface area contributed by atoms with E-state index in [-0.39, 0.29) is 6.42 Å². The van der Waals surface area contributed by atoms with Crippen LogP contribution in [0.3, 0.4) is 0 Å². The molecule has 1 atom stereocenters. The number of carbonyl (C=O) groups is 2. The lowest BCUT2D eigenvalue weighted by Gasteiger charge is -2.22. The minimum Gasteiger partial charge on any atom is -0.403 e. The molecule has 45 heavy (non-hydrogen) atoms. The largest absolute Gasteiger partial charge is 0.491 e. The third-order valence-electron chi connectivity index (χ3n) is 6.68. The number of nitrogens with one attached hydrogen (secondary N) is 2. The second-order valence-corrected chi connectivity index (χ2v) is 9.88. The third-order valence-corrected chi connectivity index (χ3v) is 6.68. The summed E-state index contributed by atoms with van der Waals surface area (Å²) in [4.78, 5) is 29.2. The van der Waals surface area contributed by atoms with E-state index in [0.717, 1.165) is 10.7 Å². The first kappa shape index (κ1) is 29.0. The van der Waals surface area contributed by atoms with Gasteiger partial charge in [-0.15, -0.1) is 5.10 Å². The summed E-state index contributed by atoms with van der Waals surface area (Å²) in [5.41, 5.74) is 3.59. The Morgan fingerprint density at radius 3 is 2.58 bits per heavy atom. The molecule has 226 valence electrons. The molecule has 1 unspecified atom stereocenters. The van der Waals surface area contributed by atoms with Crippen molar-refractivity contribution >= 4 is 40.7 Å². The SMILES string of the molecule is Cn1ccc(Nc2cccn3c(C#Cc4cccc(NC(=O)N5N=C(OC(=O)C(F)(F)F)CC5c5ccccc5)c4)cnc23)n1. The van der Waals surface area contributed by atoms with Gasteiger partial charge in [0.2, 0.25) is 5.90 Å². The lowest BCUT2D eigenvalue weighted by Crippen LogP contribution is -2.31. The van der Waals surface area contributed by atoms with Crippen molar-refractivity contribution in [2.75, 3.05) is 10.6 Å². The lowest BCUT2D eigenvalue weighted by atomic mass is 10.0. The molecule has 0 radical (unpaired) electrons. The smallest absolute Gasteiger partial charge is 0.403 e. The Hall–Kier alpha value is -6.10. The van der Waals surface area contributed by atoms with Crippen LogP contribution in [0.25, 0.3) is 5.65 Å². The third kappa shape index (κ3) is 6.47. The number of hydrazone groups is 1. The van der Waals surface area contributed by atoms with Gasteiger partial charge in [0.1, 0.15) is 5.69 Å². The molecular weight excluding hydrogens is 589 g/mol. The molecule has 11 nitrogen and oxygen atoms in total. The van der Waals surface area contributed by atoms with Crippen LogP contribution < -0.4 is 10.6 Å². The molecule has 14 heteroatoms. The van der Waals surface area contributed by atoms with Gasteiger partial charge in [-0.05, 0) is 41.8 Å². The van der Waals surface area contributed by atoms with Crippen molar-refractivity contribution in [3.8, 4) is 11.8 Å². The number of urea groups is 1. The highest BCUT2D eigenvalue weighted by molar-refractivity contribution is 5.96. The zero-order chi connectivity index (χ0) is 31.6. The highest BCUT2D eigenvalue weighted by Crippen LogP contribution is 2.32. The Labute approximate surface area is 253 Å². The molecule has 0 bridgehead atoms. The monoisotopic (exact) mass is 612 g/mol. The summed E-state index contributed by atoms with van der Waals surface area (Å²) in [6.45, 7) is 0. The number of pyridine rings is 1. The summed E-state index contributed by atoms with van der Waals surface area (Å²) < 4.78 is 46.3. The molecule has 4 heterocycles. The van der Waals surface area contributed by atoms with E-state index in [2.05, 4.69) is 42.4 Å². The molecular formula is C31H23F3N8O3. The van der Waals surface area contributed by atoms with E-state index in [4.69, 9.17) is 0 Å². The second-order valence-electron chi connectivity index (χ2n) is 9.88. The van der Waals surface area contributed by atoms with Crippen LogP contribution >= 0.6 is 0 Å². The van der Waals surface area contributed by atoms with Gasteiger partial charge in [-0.1, -0.05) is 42.3 Å². The Morgan fingerprint density at radius 2 is 1.82 bits per heavy atom. The average molecular weight is 613 g/mol. The van der Waals surface area contributed by atoms with Crippen molar-refractivity contribution in [2.45, 2.75) is 18.6 Å². The standard InChI is InChI=1S/C31H23F3N8O3/c1-40-16-14-26(38-40)37-24-11-6-15-41-23(19-35-28(24)41)13-12-20-7-5-10-22(17-20)36-30(44)42-25(21-8-3-2-4-9-21)18-27(39-42)45-29(43)31(32,33)34/h2-11,14-17,19,25H,18H2,1H3,(H,36,44)(H,37,38). The van der Waals surface area contributed by atoms with Crippen LogP contribution in [-0.2, 0) is 16.6 Å². The molecule has 1 aliphatic rings. The fourth-order valence-electron chi connectivity index (χ4n) is 4.64. The molecule has 6 rings (SSSR count). The number of fused-ring (bicyclic) bond motifs is 1. The van der Waals surface area contributed by atoms with E-state index >= 15 is 0 Å². The van der Waals surface area contributed by atoms with Gasteiger partial charge in [0.25, 0.3) is 0 Å². The van der Waals surface area contributed by atoms with Gasteiger partial charge >= 0.3 is 18.2 Å². The Kier molecular flexibility index (Phi) is 7.66. The number of rotatable bonds is 4. The van der Waals surface area contributed by atoms with Crippen molar-refractivity contribution in [2.24, 2.45) is 12.1 Å². The summed E-state index contributed by atoms with van der Waals surface area (Å²) >= 11 is 0. The number of hydrogen-bond acceptors (Lipinski definition) is 7. The molecule has 2 N–H and O–H groups in total. The molecule has 2 amide bonds. The zero-order valence-corrected chi connectivity index (χ0v) is 23.5. The van der Waals surface area contributed by atoms with Gasteiger partial charge in [-0.2, -0.15) is 18.3 Å². The molecule has 2 aromatic carbocycles. The number of aromatic nitrogens is 4. The Balaban J connectivity index is 1.20. The minimum atomic E-state index is -5.20. The number of benzene rings is 2. The highest BCUT2D eigenvalue weighted by Gasteiger charge is 2.44. The topological polar surface area (TPSA) is 118 Å². The first-order valence-electron chi connectivity index (χ1n) is 13.5. The molecule has 3 aromatic heterocycles. The molecule has 0 aliphatic carbocycles. The molecule has 0 saturated heterocycles. The number of nitrogens with zero attached hydrogens (tertiary/aromatic N) is 6. The van der Waals surface area contributed by atoms with Gasteiger partial charge in [0, 0.05) is 36.8 Å². The van der Waals surface area contributed by atoms with Gasteiger partial charge < -0.3 is 15.4 Å². The van der Waals surface area contributed by atoms with Crippen LogP contribution in [0, 0.1) is 11.8 Å². The van der Waals surface area contributed by atoms with Crippen molar-refractivity contribution in [3.63, 3.8) is 0 Å². The Bertz CT molecular complexity index is 1990. The predicted molar refractivity (Wildman–Crippen MR) is 158 cm³/mol. The first-order chi connectivity index (χ1) is 21.6. The summed E-state index contributed by atoms with van der Waals surface area (Å²) in [6.07, 6.45) is -0.108. The number of ether oxygens (including phenoxy) is 1. The molecule has 1 aliphatic heterocycles. The number of amides is 2.